The van der Waals surface area contributed by atoms with Crippen LogP contribution < -0.4 is 5.32 Å². The highest BCUT2D eigenvalue weighted by atomic mass is 32.2. The van der Waals surface area contributed by atoms with Gasteiger partial charge in [0, 0.05) is 43.7 Å². The molecule has 1 aliphatic rings. The highest BCUT2D eigenvalue weighted by molar-refractivity contribution is 7.99. The van der Waals surface area contributed by atoms with Crippen LogP contribution in [0.2, 0.25) is 0 Å². The first kappa shape index (κ1) is 24.8. The van der Waals surface area contributed by atoms with Crippen LogP contribution in [0.15, 0.2) is 39.7 Å². The van der Waals surface area contributed by atoms with E-state index in [2.05, 4.69) is 25.4 Å². The van der Waals surface area contributed by atoms with Crippen LogP contribution in [-0.4, -0.2) is 82.3 Å². The zero-order chi connectivity index (χ0) is 24.3. The zero-order valence-corrected chi connectivity index (χ0v) is 21.7. The first-order chi connectivity index (χ1) is 16.3. The third kappa shape index (κ3) is 5.49. The van der Waals surface area contributed by atoms with Gasteiger partial charge in [0.1, 0.15) is 0 Å². The van der Waals surface area contributed by atoms with Gasteiger partial charge in [-0.3, -0.25) is 4.79 Å². The summed E-state index contributed by atoms with van der Waals surface area (Å²) in [4.78, 5) is 18.9. The minimum Gasteiger partial charge on any atom is -0.304 e. The van der Waals surface area contributed by atoms with Gasteiger partial charge in [0.25, 0.3) is 0 Å². The van der Waals surface area contributed by atoms with Crippen molar-refractivity contribution in [1.82, 2.24) is 29.0 Å². The van der Waals surface area contributed by atoms with Gasteiger partial charge >= 0.3 is 0 Å². The minimum absolute atomic E-state index is 0.162. The second-order valence-electron chi connectivity index (χ2n) is 7.91. The molecule has 0 unspecified atom stereocenters. The number of sulfonamides is 1. The lowest BCUT2D eigenvalue weighted by Gasteiger charge is -2.31. The molecule has 4 rings (SSSR count). The van der Waals surface area contributed by atoms with Gasteiger partial charge in [-0.1, -0.05) is 11.8 Å². The summed E-state index contributed by atoms with van der Waals surface area (Å²) in [5.74, 6) is 0.647. The number of hydrogen-bond donors (Lipinski definition) is 1. The second-order valence-corrected chi connectivity index (χ2v) is 11.7. The molecule has 13 heteroatoms. The molecule has 1 N–H and O–H groups in total. The predicted octanol–water partition coefficient (Wildman–Crippen LogP) is 2.40. The van der Waals surface area contributed by atoms with Crippen molar-refractivity contribution in [1.29, 1.82) is 0 Å². The highest BCUT2D eigenvalue weighted by Crippen LogP contribution is 2.26. The van der Waals surface area contributed by atoms with E-state index in [1.807, 2.05) is 30.8 Å². The Morgan fingerprint density at radius 3 is 2.47 bits per heavy atom. The van der Waals surface area contributed by atoms with Crippen LogP contribution in [0.5, 0.6) is 0 Å². The number of nitrogens with one attached hydrogen (secondary N) is 1. The summed E-state index contributed by atoms with van der Waals surface area (Å²) in [6.07, 6.45) is 0. The Labute approximate surface area is 207 Å². The smallest absolute Gasteiger partial charge is 0.243 e. The predicted molar refractivity (Wildman–Crippen MR) is 134 cm³/mol. The number of benzene rings is 1. The molecule has 1 aromatic carbocycles. The Bertz CT molecular complexity index is 1250. The molecule has 0 aliphatic carbocycles. The molecule has 2 aromatic heterocycles. The number of aromatic nitrogens is 4. The topological polar surface area (TPSA) is 113 Å². The van der Waals surface area contributed by atoms with Gasteiger partial charge in [-0.2, -0.15) is 4.31 Å². The number of hydrogen-bond acceptors (Lipinski definition) is 9. The van der Waals surface area contributed by atoms with Crippen LogP contribution in [0, 0.1) is 6.92 Å². The second kappa shape index (κ2) is 10.5. The maximum absolute atomic E-state index is 13.0. The van der Waals surface area contributed by atoms with E-state index in [1.165, 1.54) is 27.4 Å². The molecule has 1 saturated heterocycles. The fraction of sp³-hybridized carbons (Fsp3) is 0.429. The van der Waals surface area contributed by atoms with Gasteiger partial charge in [0.05, 0.1) is 16.3 Å². The molecule has 3 heterocycles. The maximum atomic E-state index is 13.0. The lowest BCUT2D eigenvalue weighted by atomic mass is 10.2. The van der Waals surface area contributed by atoms with Gasteiger partial charge in [0.15, 0.2) is 16.1 Å². The van der Waals surface area contributed by atoms with Crippen molar-refractivity contribution in [3.05, 3.63) is 35.3 Å². The van der Waals surface area contributed by atoms with E-state index in [4.69, 9.17) is 0 Å². The van der Waals surface area contributed by atoms with Crippen molar-refractivity contribution < 1.29 is 13.2 Å². The number of aryl methyl sites for hydroxylation is 1. The van der Waals surface area contributed by atoms with Crippen LogP contribution in [0.25, 0.3) is 11.4 Å². The number of piperazine rings is 1. The molecule has 3 aromatic rings. The maximum Gasteiger partial charge on any atom is 0.243 e. The van der Waals surface area contributed by atoms with Gasteiger partial charge in [-0.25, -0.2) is 13.4 Å². The summed E-state index contributed by atoms with van der Waals surface area (Å²) in [7, 11) is -1.54. The van der Waals surface area contributed by atoms with E-state index in [1.54, 1.807) is 24.3 Å². The molecular weight excluding hydrogens is 494 g/mol. The summed E-state index contributed by atoms with van der Waals surface area (Å²) in [5.41, 5.74) is 1.63. The molecule has 182 valence electrons. The fourth-order valence-corrected chi connectivity index (χ4v) is 6.47. The summed E-state index contributed by atoms with van der Waals surface area (Å²) in [5, 5.41) is 14.4. The Morgan fingerprint density at radius 2 is 1.85 bits per heavy atom. The Balaban J connectivity index is 1.44. The Morgan fingerprint density at radius 1 is 1.15 bits per heavy atom. The largest absolute Gasteiger partial charge is 0.304 e. The van der Waals surface area contributed by atoms with Crippen LogP contribution in [0.3, 0.4) is 0 Å². The van der Waals surface area contributed by atoms with Crippen LogP contribution >= 0.6 is 23.1 Å². The van der Waals surface area contributed by atoms with Crippen molar-refractivity contribution >= 4 is 44.2 Å². The number of anilines is 1. The van der Waals surface area contributed by atoms with Crippen molar-refractivity contribution in [3.63, 3.8) is 0 Å². The standard InChI is InChI=1S/C21H27N7O3S3/c1-4-28-19(24-25-21(28)33-14-18(29)23-20-22-15(2)13-32-20)16-5-7-17(8-6-16)34(30,31)27-11-9-26(3)10-12-27/h5-8,13H,4,9-12,14H2,1-3H3,(H,22,23,29). The molecule has 0 saturated carbocycles. The van der Waals surface area contributed by atoms with E-state index in [0.717, 1.165) is 24.3 Å². The average Bonchev–Trinajstić information content (AvgIpc) is 3.43. The van der Waals surface area contributed by atoms with Crippen molar-refractivity contribution in [3.8, 4) is 11.4 Å². The van der Waals surface area contributed by atoms with Crippen molar-refractivity contribution in [2.75, 3.05) is 44.3 Å². The number of carbonyl (C=O) groups is 1. The van der Waals surface area contributed by atoms with E-state index in [-0.39, 0.29) is 16.6 Å². The highest BCUT2D eigenvalue weighted by Gasteiger charge is 2.27. The summed E-state index contributed by atoms with van der Waals surface area (Å²) < 4.78 is 29.4. The molecular formula is C21H27N7O3S3. The number of rotatable bonds is 8. The molecule has 10 nitrogen and oxygen atoms in total. The number of likely N-dealkylation sites (N-methyl/N-ethyl adjacent to an activating group) is 1. The minimum atomic E-state index is -3.53. The van der Waals surface area contributed by atoms with Gasteiger partial charge in [-0.15, -0.1) is 21.5 Å². The fourth-order valence-electron chi connectivity index (χ4n) is 3.54. The Kier molecular flexibility index (Phi) is 7.67. The molecule has 0 radical (unpaired) electrons. The van der Waals surface area contributed by atoms with Crippen molar-refractivity contribution in [2.24, 2.45) is 0 Å². The van der Waals surface area contributed by atoms with E-state index in [9.17, 15) is 13.2 Å². The van der Waals surface area contributed by atoms with Gasteiger partial charge in [0.2, 0.25) is 15.9 Å². The number of nitrogens with zero attached hydrogens (tertiary/aromatic N) is 6. The average molecular weight is 522 g/mol. The van der Waals surface area contributed by atoms with E-state index in [0.29, 0.717) is 35.7 Å². The van der Waals surface area contributed by atoms with Gasteiger partial charge in [-0.05, 0) is 45.2 Å². The first-order valence-electron chi connectivity index (χ1n) is 10.8. The molecule has 34 heavy (non-hydrogen) atoms. The number of carbonyl (C=O) groups excluding carboxylic acids is 1. The number of amides is 1. The molecule has 0 atom stereocenters. The molecule has 0 spiro atoms. The van der Waals surface area contributed by atoms with Crippen molar-refractivity contribution in [2.45, 2.75) is 30.4 Å². The van der Waals surface area contributed by atoms with E-state index < -0.39 is 10.0 Å². The van der Waals surface area contributed by atoms with Crippen LogP contribution in [-0.2, 0) is 21.4 Å². The number of thioether (sulfide) groups is 1. The lowest BCUT2D eigenvalue weighted by Crippen LogP contribution is -2.46. The van der Waals surface area contributed by atoms with E-state index >= 15 is 0 Å². The monoisotopic (exact) mass is 521 g/mol. The Hall–Kier alpha value is -2.32. The molecule has 1 fully saturated rings. The normalized spacial score (nSPS) is 15.5. The zero-order valence-electron chi connectivity index (χ0n) is 19.3. The van der Waals surface area contributed by atoms with Crippen LogP contribution in [0.1, 0.15) is 12.6 Å². The number of thiazole rings is 1. The third-order valence-electron chi connectivity index (χ3n) is 5.44. The summed E-state index contributed by atoms with van der Waals surface area (Å²) in [6, 6.07) is 6.75. The molecule has 1 aliphatic heterocycles. The molecule has 0 bridgehead atoms. The quantitative estimate of drug-likeness (QED) is 0.450. The first-order valence-corrected chi connectivity index (χ1v) is 14.2. The van der Waals surface area contributed by atoms with Gasteiger partial charge < -0.3 is 14.8 Å². The van der Waals surface area contributed by atoms with Crippen LogP contribution in [0.4, 0.5) is 5.13 Å². The summed E-state index contributed by atoms with van der Waals surface area (Å²) in [6.45, 7) is 6.88. The third-order valence-corrected chi connectivity index (χ3v) is 9.20. The molecule has 1 amide bonds. The SMILES string of the molecule is CCn1c(SCC(=O)Nc2nc(C)cs2)nnc1-c1ccc(S(=O)(=O)N2CCN(C)CC2)cc1. The summed E-state index contributed by atoms with van der Waals surface area (Å²) >= 11 is 2.68. The lowest BCUT2D eigenvalue weighted by molar-refractivity contribution is -0.113.